The Morgan fingerprint density at radius 2 is 1.88 bits per heavy atom. The van der Waals surface area contributed by atoms with Gasteiger partial charge in [-0.25, -0.2) is 0 Å². The number of halogens is 2. The predicted molar refractivity (Wildman–Crippen MR) is 144 cm³/mol. The largest absolute Gasteiger partial charge is 0.493 e. The lowest BCUT2D eigenvalue weighted by molar-refractivity contribution is -0.123. The van der Waals surface area contributed by atoms with Crippen LogP contribution in [0.2, 0.25) is 5.02 Å². The summed E-state index contributed by atoms with van der Waals surface area (Å²) in [6.07, 6.45) is 1.71. The molecule has 174 valence electrons. The molecule has 0 bridgehead atoms. The lowest BCUT2D eigenvalue weighted by atomic mass is 10.1. The van der Waals surface area contributed by atoms with Gasteiger partial charge in [0.2, 0.25) is 0 Å². The van der Waals surface area contributed by atoms with E-state index in [0.717, 1.165) is 37.6 Å². The van der Waals surface area contributed by atoms with E-state index < -0.39 is 0 Å². The summed E-state index contributed by atoms with van der Waals surface area (Å²) in [5, 5.41) is 0.355. The Morgan fingerprint density at radius 3 is 2.62 bits per heavy atom. The van der Waals surface area contributed by atoms with Crippen LogP contribution in [0, 0.1) is 10.5 Å². The van der Waals surface area contributed by atoms with Crippen molar-refractivity contribution < 1.29 is 19.1 Å². The second kappa shape index (κ2) is 10.8. The van der Waals surface area contributed by atoms with E-state index in [2.05, 4.69) is 22.6 Å². The summed E-state index contributed by atoms with van der Waals surface area (Å²) in [4.78, 5) is 27.1. The molecule has 0 radical (unpaired) electrons. The minimum atomic E-state index is -0.301. The highest BCUT2D eigenvalue weighted by Crippen LogP contribution is 2.38. The highest BCUT2D eigenvalue weighted by atomic mass is 127. The SMILES string of the molecule is COc1cc(/C=C2\SC(=O)N(Cc3cccc(C)c3)C2=O)cc(I)c1OCc1ccccc1Cl. The molecule has 0 atom stereocenters. The van der Waals surface area contributed by atoms with Crippen LogP contribution in [0.1, 0.15) is 22.3 Å². The molecule has 2 amide bonds. The zero-order valence-corrected chi connectivity index (χ0v) is 22.2. The second-order valence-electron chi connectivity index (χ2n) is 7.67. The molecule has 1 saturated heterocycles. The summed E-state index contributed by atoms with van der Waals surface area (Å²) < 4.78 is 12.4. The number of nitrogens with zero attached hydrogens (tertiary/aromatic N) is 1. The van der Waals surface area contributed by atoms with Crippen molar-refractivity contribution in [3.05, 3.63) is 96.4 Å². The molecule has 0 N–H and O–H groups in total. The molecule has 0 aromatic heterocycles. The maximum absolute atomic E-state index is 13.0. The Hall–Kier alpha value is -2.49. The molecule has 0 unspecified atom stereocenters. The average Bonchev–Trinajstić information content (AvgIpc) is 3.06. The van der Waals surface area contributed by atoms with E-state index in [9.17, 15) is 9.59 Å². The average molecular weight is 606 g/mol. The first kappa shape index (κ1) is 24.6. The summed E-state index contributed by atoms with van der Waals surface area (Å²) >= 11 is 9.34. The first-order valence-corrected chi connectivity index (χ1v) is 12.7. The maximum atomic E-state index is 13.0. The topological polar surface area (TPSA) is 55.8 Å². The van der Waals surface area contributed by atoms with Gasteiger partial charge in [0.15, 0.2) is 11.5 Å². The first-order chi connectivity index (χ1) is 16.4. The standard InChI is InChI=1S/C26H21ClINO4S/c1-16-6-5-7-17(10-16)14-29-25(30)23(34-26(29)31)13-18-11-21(28)24(22(12-18)32-2)33-15-19-8-3-4-9-20(19)27/h3-13H,14-15H2,1-2H3/b23-13-. The normalized spacial score (nSPS) is 14.7. The third-order valence-corrected chi connectivity index (χ3v) is 7.25. The van der Waals surface area contributed by atoms with E-state index in [-0.39, 0.29) is 17.7 Å². The molecule has 1 heterocycles. The minimum absolute atomic E-state index is 0.249. The monoisotopic (exact) mass is 605 g/mol. The number of rotatable bonds is 7. The molecule has 3 aromatic carbocycles. The summed E-state index contributed by atoms with van der Waals surface area (Å²) in [7, 11) is 1.56. The van der Waals surface area contributed by atoms with Gasteiger partial charge in [-0.15, -0.1) is 0 Å². The molecule has 3 aromatic rings. The molecule has 0 spiro atoms. The number of hydrogen-bond donors (Lipinski definition) is 0. The van der Waals surface area contributed by atoms with E-state index in [1.165, 1.54) is 4.90 Å². The fourth-order valence-corrected chi connectivity index (χ4v) is 5.32. The predicted octanol–water partition coefficient (Wildman–Crippen LogP) is 7.08. The highest BCUT2D eigenvalue weighted by molar-refractivity contribution is 14.1. The Kier molecular flexibility index (Phi) is 7.85. The van der Waals surface area contributed by atoms with Crippen molar-refractivity contribution >= 4 is 63.2 Å². The molecule has 5 nitrogen and oxygen atoms in total. The summed E-state index contributed by atoms with van der Waals surface area (Å²) in [5.41, 5.74) is 3.61. The van der Waals surface area contributed by atoms with Gasteiger partial charge in [0.1, 0.15) is 6.61 Å². The van der Waals surface area contributed by atoms with Crippen molar-refractivity contribution in [3.63, 3.8) is 0 Å². The lowest BCUT2D eigenvalue weighted by Gasteiger charge is -2.14. The quantitative estimate of drug-likeness (QED) is 0.213. The third kappa shape index (κ3) is 5.59. The van der Waals surface area contributed by atoms with Crippen molar-refractivity contribution in [2.75, 3.05) is 7.11 Å². The van der Waals surface area contributed by atoms with Gasteiger partial charge < -0.3 is 9.47 Å². The van der Waals surface area contributed by atoms with Crippen LogP contribution < -0.4 is 9.47 Å². The van der Waals surface area contributed by atoms with Crippen molar-refractivity contribution in [3.8, 4) is 11.5 Å². The number of thioether (sulfide) groups is 1. The minimum Gasteiger partial charge on any atom is -0.493 e. The molecule has 0 saturated carbocycles. The van der Waals surface area contributed by atoms with E-state index in [0.29, 0.717) is 28.0 Å². The van der Waals surface area contributed by atoms with E-state index in [4.69, 9.17) is 21.1 Å². The molecule has 1 aliphatic rings. The fourth-order valence-electron chi connectivity index (χ4n) is 3.51. The second-order valence-corrected chi connectivity index (χ2v) is 10.2. The molecule has 0 aliphatic carbocycles. The summed E-state index contributed by atoms with van der Waals surface area (Å²) in [6.45, 7) is 2.52. The number of hydrogen-bond acceptors (Lipinski definition) is 5. The Balaban J connectivity index is 1.54. The summed E-state index contributed by atoms with van der Waals surface area (Å²) in [6, 6.07) is 19.0. The molecule has 1 aliphatic heterocycles. The molecule has 1 fully saturated rings. The van der Waals surface area contributed by atoms with Crippen molar-refractivity contribution in [1.82, 2.24) is 4.90 Å². The van der Waals surface area contributed by atoms with Gasteiger partial charge in [0, 0.05) is 10.6 Å². The van der Waals surface area contributed by atoms with Gasteiger partial charge >= 0.3 is 0 Å². The number of carbonyl (C=O) groups is 2. The third-order valence-electron chi connectivity index (χ3n) is 5.18. The summed E-state index contributed by atoms with van der Waals surface area (Å²) in [5.74, 6) is 0.821. The molecular formula is C26H21ClINO4S. The number of imide groups is 1. The van der Waals surface area contributed by atoms with Crippen LogP contribution in [0.3, 0.4) is 0 Å². The Labute approximate surface area is 221 Å². The van der Waals surface area contributed by atoms with Gasteiger partial charge in [-0.2, -0.15) is 0 Å². The Morgan fingerprint density at radius 1 is 1.09 bits per heavy atom. The van der Waals surface area contributed by atoms with Crippen molar-refractivity contribution in [1.29, 1.82) is 0 Å². The molecule has 4 rings (SSSR count). The fraction of sp³-hybridized carbons (Fsp3) is 0.154. The van der Waals surface area contributed by atoms with Gasteiger partial charge in [0.25, 0.3) is 11.1 Å². The zero-order valence-electron chi connectivity index (χ0n) is 18.5. The number of ether oxygens (including phenoxy) is 2. The van der Waals surface area contributed by atoms with Crippen LogP contribution >= 0.6 is 46.0 Å². The van der Waals surface area contributed by atoms with Crippen LogP contribution in [0.25, 0.3) is 6.08 Å². The van der Waals surface area contributed by atoms with Crippen LogP contribution in [-0.2, 0) is 17.9 Å². The van der Waals surface area contributed by atoms with E-state index >= 15 is 0 Å². The number of amides is 2. The van der Waals surface area contributed by atoms with Gasteiger partial charge in [-0.3, -0.25) is 14.5 Å². The van der Waals surface area contributed by atoms with E-state index in [1.54, 1.807) is 19.3 Å². The first-order valence-electron chi connectivity index (χ1n) is 10.4. The molecular weight excluding hydrogens is 585 g/mol. The van der Waals surface area contributed by atoms with Gasteiger partial charge in [-0.05, 0) is 76.7 Å². The maximum Gasteiger partial charge on any atom is 0.293 e. The Bertz CT molecular complexity index is 1290. The van der Waals surface area contributed by atoms with Crippen molar-refractivity contribution in [2.24, 2.45) is 0 Å². The molecule has 34 heavy (non-hydrogen) atoms. The van der Waals surface area contributed by atoms with Gasteiger partial charge in [0.05, 0.1) is 22.1 Å². The lowest BCUT2D eigenvalue weighted by Crippen LogP contribution is -2.27. The zero-order chi connectivity index (χ0) is 24.2. The van der Waals surface area contributed by atoms with Crippen molar-refractivity contribution in [2.45, 2.75) is 20.1 Å². The van der Waals surface area contributed by atoms with E-state index in [1.807, 2.05) is 61.5 Å². The van der Waals surface area contributed by atoms with Gasteiger partial charge in [-0.1, -0.05) is 59.6 Å². The van der Waals surface area contributed by atoms with Crippen LogP contribution in [0.15, 0.2) is 65.6 Å². The van der Waals surface area contributed by atoms with Crippen LogP contribution in [-0.4, -0.2) is 23.2 Å². The van der Waals surface area contributed by atoms with Crippen LogP contribution in [0.4, 0.5) is 4.79 Å². The number of aryl methyl sites for hydroxylation is 1. The molecule has 8 heteroatoms. The number of methoxy groups -OCH3 is 1. The number of carbonyl (C=O) groups excluding carboxylic acids is 2. The number of benzene rings is 3. The smallest absolute Gasteiger partial charge is 0.293 e. The van der Waals surface area contributed by atoms with Crippen LogP contribution in [0.5, 0.6) is 11.5 Å². The highest BCUT2D eigenvalue weighted by Gasteiger charge is 2.35.